The molecule has 256 valence electrons. The fraction of sp³-hybridized carbons (Fsp3) is 0.0833. The van der Waals surface area contributed by atoms with Crippen molar-refractivity contribution in [1.82, 2.24) is 15.0 Å². The van der Waals surface area contributed by atoms with E-state index < -0.39 is 0 Å². The standard InChI is InChI=1S/C48H38N4O/c1-28-5-13-32(14-6-28)44-36-27-43(52-48(36)53)47(35-19-11-31(4)12-20-35)42-26-25-41(51-42)46(34-17-9-30(3)10-18-34)40-24-23-39(50-40)45(38-22-21-37(44)49-38)33-15-7-29(2)8-16-33/h5-27,49,51H,1-4H3,(H,52,53). The molecule has 0 unspecified atom stereocenters. The second-order valence-electron chi connectivity index (χ2n) is 14.2. The molecule has 0 aliphatic carbocycles. The molecular formula is C48H38N4O. The molecule has 0 saturated heterocycles. The monoisotopic (exact) mass is 686 g/mol. The molecule has 0 radical (unpaired) electrons. The largest absolute Gasteiger partial charge is 0.354 e. The number of aromatic nitrogens is 3. The molecule has 2 aliphatic heterocycles. The van der Waals surface area contributed by atoms with Crippen LogP contribution in [0.15, 0.2) is 127 Å². The molecule has 7 aromatic rings. The van der Waals surface area contributed by atoms with E-state index in [9.17, 15) is 4.79 Å². The van der Waals surface area contributed by atoms with Crippen LogP contribution in [-0.4, -0.2) is 20.9 Å². The van der Waals surface area contributed by atoms with Crippen LogP contribution in [0.2, 0.25) is 0 Å². The Morgan fingerprint density at radius 1 is 0.415 bits per heavy atom. The van der Waals surface area contributed by atoms with Gasteiger partial charge in [0.1, 0.15) is 0 Å². The number of hydrogen-bond donors (Lipinski definition) is 3. The highest BCUT2D eigenvalue weighted by Crippen LogP contribution is 2.40. The van der Waals surface area contributed by atoms with Gasteiger partial charge < -0.3 is 15.3 Å². The first-order valence-electron chi connectivity index (χ1n) is 18.0. The quantitative estimate of drug-likeness (QED) is 0.172. The third-order valence-corrected chi connectivity index (χ3v) is 10.3. The van der Waals surface area contributed by atoms with Crippen molar-refractivity contribution in [1.29, 1.82) is 0 Å². The number of fused-ring (bicyclic) bond motifs is 8. The Kier molecular flexibility index (Phi) is 7.78. The number of aryl methyl sites for hydroxylation is 4. The summed E-state index contributed by atoms with van der Waals surface area (Å²) in [6.07, 6.45) is 4.24. The molecule has 53 heavy (non-hydrogen) atoms. The van der Waals surface area contributed by atoms with E-state index in [2.05, 4.69) is 176 Å². The molecule has 0 fully saturated rings. The zero-order valence-electron chi connectivity index (χ0n) is 30.1. The number of H-pyrrole nitrogens is 2. The Bertz CT molecular complexity index is 2760. The van der Waals surface area contributed by atoms with Crippen LogP contribution in [0.25, 0.3) is 78.7 Å². The number of benzene rings is 4. The molecule has 3 N–H and O–H groups in total. The van der Waals surface area contributed by atoms with Crippen molar-refractivity contribution < 1.29 is 4.79 Å². The molecule has 5 heterocycles. The van der Waals surface area contributed by atoms with E-state index in [1.165, 1.54) is 16.7 Å². The van der Waals surface area contributed by atoms with Gasteiger partial charge >= 0.3 is 0 Å². The van der Waals surface area contributed by atoms with Gasteiger partial charge in [-0.15, -0.1) is 0 Å². The number of carbonyl (C=O) groups excluding carboxylic acids is 1. The third kappa shape index (κ3) is 5.86. The summed E-state index contributed by atoms with van der Waals surface area (Å²) >= 11 is 0. The number of carbonyl (C=O) groups is 1. The smallest absolute Gasteiger partial charge is 0.256 e. The zero-order chi connectivity index (χ0) is 36.2. The number of amides is 1. The maximum atomic E-state index is 14.3. The Hall–Kier alpha value is -6.72. The fourth-order valence-corrected chi connectivity index (χ4v) is 7.45. The lowest BCUT2D eigenvalue weighted by Crippen LogP contribution is -2.06. The summed E-state index contributed by atoms with van der Waals surface area (Å²) in [5.74, 6) is -0.149. The third-order valence-electron chi connectivity index (χ3n) is 10.3. The number of hydrogen-bond acceptors (Lipinski definition) is 2. The van der Waals surface area contributed by atoms with Crippen LogP contribution in [-0.2, 0) is 0 Å². The van der Waals surface area contributed by atoms with E-state index in [0.717, 1.165) is 89.2 Å². The summed E-state index contributed by atoms with van der Waals surface area (Å²) in [6.45, 7) is 8.36. The number of aromatic amines is 2. The molecular weight excluding hydrogens is 649 g/mol. The second-order valence-corrected chi connectivity index (χ2v) is 14.2. The molecule has 4 aromatic carbocycles. The molecule has 5 nitrogen and oxygen atoms in total. The Morgan fingerprint density at radius 3 is 1.17 bits per heavy atom. The van der Waals surface area contributed by atoms with Gasteiger partial charge in [-0.1, -0.05) is 119 Å². The van der Waals surface area contributed by atoms with Crippen LogP contribution < -0.4 is 5.32 Å². The van der Waals surface area contributed by atoms with Crippen LogP contribution in [0, 0.1) is 27.7 Å². The van der Waals surface area contributed by atoms with Gasteiger partial charge in [0.25, 0.3) is 5.91 Å². The summed E-state index contributed by atoms with van der Waals surface area (Å²) in [5.41, 5.74) is 19.2. The molecule has 0 spiro atoms. The van der Waals surface area contributed by atoms with Gasteiger partial charge in [-0.2, -0.15) is 0 Å². The Balaban J connectivity index is 1.48. The molecule has 1 amide bonds. The van der Waals surface area contributed by atoms with E-state index in [4.69, 9.17) is 4.98 Å². The minimum Gasteiger partial charge on any atom is -0.354 e. The Labute approximate surface area is 308 Å². The molecule has 0 saturated carbocycles. The summed E-state index contributed by atoms with van der Waals surface area (Å²) < 4.78 is 0. The van der Waals surface area contributed by atoms with Gasteiger partial charge in [0.15, 0.2) is 0 Å². The first-order chi connectivity index (χ1) is 25.8. The SMILES string of the molecule is Cc1ccc(-c2c3cc(c(-c4ccc(C)cc4)c4ccc([nH]4)c(-c4ccc(C)cc4)c4nc(c(-c5ccc(C)cc5)c5ccc2[nH]5)C=C4)C(=O)N3)cc1. The lowest BCUT2D eigenvalue weighted by atomic mass is 9.99. The van der Waals surface area contributed by atoms with Crippen molar-refractivity contribution in [3.05, 3.63) is 167 Å². The topological polar surface area (TPSA) is 73.6 Å². The number of anilines is 1. The van der Waals surface area contributed by atoms with Gasteiger partial charge in [-0.05, 0) is 92.4 Å². The van der Waals surface area contributed by atoms with Crippen LogP contribution in [0.3, 0.4) is 0 Å². The molecule has 8 bridgehead atoms. The van der Waals surface area contributed by atoms with Crippen molar-refractivity contribution in [3.8, 4) is 44.5 Å². The Morgan fingerprint density at radius 2 is 0.755 bits per heavy atom. The number of nitrogens with zero attached hydrogens (tertiary/aromatic N) is 1. The predicted octanol–water partition coefficient (Wildman–Crippen LogP) is 12.2. The van der Waals surface area contributed by atoms with Gasteiger partial charge in [0.2, 0.25) is 0 Å². The maximum Gasteiger partial charge on any atom is 0.256 e. The zero-order valence-corrected chi connectivity index (χ0v) is 30.1. The van der Waals surface area contributed by atoms with Crippen LogP contribution in [0.5, 0.6) is 0 Å². The number of rotatable bonds is 4. The summed E-state index contributed by atoms with van der Waals surface area (Å²) in [6, 6.07) is 44.4. The average molecular weight is 687 g/mol. The highest BCUT2D eigenvalue weighted by atomic mass is 16.1. The molecule has 5 heteroatoms. The van der Waals surface area contributed by atoms with Gasteiger partial charge in [0, 0.05) is 44.3 Å². The highest BCUT2D eigenvalue weighted by Gasteiger charge is 2.24. The van der Waals surface area contributed by atoms with Crippen molar-refractivity contribution in [3.63, 3.8) is 0 Å². The van der Waals surface area contributed by atoms with E-state index in [1.807, 2.05) is 6.07 Å². The molecule has 0 atom stereocenters. The van der Waals surface area contributed by atoms with E-state index in [1.54, 1.807) is 0 Å². The predicted molar refractivity (Wildman–Crippen MR) is 221 cm³/mol. The molecule has 3 aromatic heterocycles. The normalized spacial score (nSPS) is 12.3. The van der Waals surface area contributed by atoms with Gasteiger partial charge in [-0.3, -0.25) is 4.79 Å². The highest BCUT2D eigenvalue weighted by molar-refractivity contribution is 6.17. The van der Waals surface area contributed by atoms with Crippen molar-refractivity contribution in [2.75, 3.05) is 5.32 Å². The minimum atomic E-state index is -0.149. The molecule has 2 aliphatic rings. The fourth-order valence-electron chi connectivity index (χ4n) is 7.45. The van der Waals surface area contributed by atoms with Crippen LogP contribution in [0.4, 0.5) is 5.69 Å². The number of nitrogens with one attached hydrogen (secondary N) is 3. The van der Waals surface area contributed by atoms with Crippen molar-refractivity contribution >= 4 is 45.8 Å². The van der Waals surface area contributed by atoms with E-state index in [0.29, 0.717) is 5.56 Å². The van der Waals surface area contributed by atoms with Crippen LogP contribution in [0.1, 0.15) is 44.0 Å². The van der Waals surface area contributed by atoms with Crippen molar-refractivity contribution in [2.24, 2.45) is 0 Å². The van der Waals surface area contributed by atoms with E-state index >= 15 is 0 Å². The summed E-state index contributed by atoms with van der Waals surface area (Å²) in [4.78, 5) is 27.2. The lowest BCUT2D eigenvalue weighted by molar-refractivity contribution is 0.103. The molecule has 9 rings (SSSR count). The maximum absolute atomic E-state index is 14.3. The summed E-state index contributed by atoms with van der Waals surface area (Å²) in [7, 11) is 0. The minimum absolute atomic E-state index is 0.149. The lowest BCUT2D eigenvalue weighted by Gasteiger charge is -2.08. The average Bonchev–Trinajstić information content (AvgIpc) is 3.99. The van der Waals surface area contributed by atoms with Crippen LogP contribution >= 0.6 is 0 Å². The van der Waals surface area contributed by atoms with E-state index in [-0.39, 0.29) is 5.91 Å². The summed E-state index contributed by atoms with van der Waals surface area (Å²) in [5, 5.41) is 3.28. The second kappa shape index (κ2) is 12.8. The first-order valence-corrected chi connectivity index (χ1v) is 18.0. The van der Waals surface area contributed by atoms with Crippen molar-refractivity contribution in [2.45, 2.75) is 27.7 Å². The van der Waals surface area contributed by atoms with Gasteiger partial charge in [0.05, 0.1) is 22.6 Å². The first kappa shape index (κ1) is 32.2. The van der Waals surface area contributed by atoms with Gasteiger partial charge in [-0.25, -0.2) is 4.98 Å².